The first-order valence-corrected chi connectivity index (χ1v) is 10.5. The van der Waals surface area contributed by atoms with Gasteiger partial charge in [0.15, 0.2) is 11.6 Å². The molecule has 1 amide bonds. The molecule has 0 unspecified atom stereocenters. The molecular formula is C20H17ClFN3O4S. The van der Waals surface area contributed by atoms with Crippen LogP contribution in [0.1, 0.15) is 15.9 Å². The first kappa shape index (κ1) is 21.7. The third-order valence-electron chi connectivity index (χ3n) is 4.07. The minimum absolute atomic E-state index is 0.00224. The molecule has 3 rings (SSSR count). The van der Waals surface area contributed by atoms with Gasteiger partial charge < -0.3 is 10.1 Å². The molecule has 7 nitrogen and oxygen atoms in total. The molecule has 0 radical (unpaired) electrons. The van der Waals surface area contributed by atoms with Gasteiger partial charge in [-0.3, -0.25) is 9.78 Å². The summed E-state index contributed by atoms with van der Waals surface area (Å²) < 4.78 is 45.8. The SMILES string of the molecule is CNS(=O)(=O)c1ccc(Cl)c(C(=O)NCc2ccc(Oc3cccnc3)c(F)c2)c1. The third kappa shape index (κ3) is 5.12. The van der Waals surface area contributed by atoms with Crippen LogP contribution in [0.15, 0.2) is 65.8 Å². The monoisotopic (exact) mass is 449 g/mol. The average Bonchev–Trinajstić information content (AvgIpc) is 2.74. The summed E-state index contributed by atoms with van der Waals surface area (Å²) in [7, 11) is -2.47. The van der Waals surface area contributed by atoms with Gasteiger partial charge in [-0.2, -0.15) is 0 Å². The number of ether oxygens (including phenoxy) is 1. The second-order valence-electron chi connectivity index (χ2n) is 6.09. The molecule has 0 spiro atoms. The predicted molar refractivity (Wildman–Crippen MR) is 110 cm³/mol. The number of benzene rings is 2. The van der Waals surface area contributed by atoms with Gasteiger partial charge in [0.2, 0.25) is 10.0 Å². The fraction of sp³-hybridized carbons (Fsp3) is 0.100. The van der Waals surface area contributed by atoms with Crippen molar-refractivity contribution in [3.63, 3.8) is 0 Å². The van der Waals surface area contributed by atoms with Gasteiger partial charge in [0.05, 0.1) is 21.7 Å². The number of hydrogen-bond acceptors (Lipinski definition) is 5. The van der Waals surface area contributed by atoms with E-state index in [-0.39, 0.29) is 27.8 Å². The van der Waals surface area contributed by atoms with Crippen LogP contribution in [-0.4, -0.2) is 26.4 Å². The lowest BCUT2D eigenvalue weighted by Gasteiger charge is -2.11. The van der Waals surface area contributed by atoms with Crippen molar-refractivity contribution in [2.45, 2.75) is 11.4 Å². The number of amides is 1. The molecule has 0 aliphatic carbocycles. The van der Waals surface area contributed by atoms with Gasteiger partial charge in [-0.15, -0.1) is 0 Å². The van der Waals surface area contributed by atoms with Gasteiger partial charge in [-0.05, 0) is 55.1 Å². The molecule has 0 aliphatic rings. The van der Waals surface area contributed by atoms with Gasteiger partial charge in [0.1, 0.15) is 5.75 Å². The summed E-state index contributed by atoms with van der Waals surface area (Å²) in [6.07, 6.45) is 3.03. The number of sulfonamides is 1. The molecule has 2 N–H and O–H groups in total. The van der Waals surface area contributed by atoms with Crippen molar-refractivity contribution in [3.8, 4) is 11.5 Å². The molecular weight excluding hydrogens is 433 g/mol. The van der Waals surface area contributed by atoms with Crippen molar-refractivity contribution in [3.05, 3.63) is 82.9 Å². The number of nitrogens with zero attached hydrogens (tertiary/aromatic N) is 1. The number of nitrogens with one attached hydrogen (secondary N) is 2. The fourth-order valence-corrected chi connectivity index (χ4v) is 3.47. The Hall–Kier alpha value is -3.01. The highest BCUT2D eigenvalue weighted by molar-refractivity contribution is 7.89. The van der Waals surface area contributed by atoms with Crippen molar-refractivity contribution in [2.75, 3.05) is 7.05 Å². The largest absolute Gasteiger partial charge is 0.453 e. The van der Waals surface area contributed by atoms with Gasteiger partial charge >= 0.3 is 0 Å². The molecule has 1 aromatic heterocycles. The van der Waals surface area contributed by atoms with E-state index in [9.17, 15) is 17.6 Å². The average molecular weight is 450 g/mol. The number of carbonyl (C=O) groups excluding carboxylic acids is 1. The molecule has 3 aromatic rings. The van der Waals surface area contributed by atoms with E-state index in [0.29, 0.717) is 11.3 Å². The van der Waals surface area contributed by atoms with E-state index in [1.807, 2.05) is 0 Å². The maximum atomic E-state index is 14.3. The highest BCUT2D eigenvalue weighted by Gasteiger charge is 2.17. The second-order valence-corrected chi connectivity index (χ2v) is 8.38. The molecule has 0 aliphatic heterocycles. The van der Waals surface area contributed by atoms with Crippen LogP contribution in [0.2, 0.25) is 5.02 Å². The van der Waals surface area contributed by atoms with Gasteiger partial charge in [-0.25, -0.2) is 17.5 Å². The lowest BCUT2D eigenvalue weighted by molar-refractivity contribution is 0.0951. The van der Waals surface area contributed by atoms with Crippen LogP contribution in [0, 0.1) is 5.82 Å². The minimum atomic E-state index is -3.73. The summed E-state index contributed by atoms with van der Waals surface area (Å²) in [6, 6.07) is 11.4. The van der Waals surface area contributed by atoms with Crippen LogP contribution < -0.4 is 14.8 Å². The van der Waals surface area contributed by atoms with Crippen molar-refractivity contribution < 1.29 is 22.3 Å². The fourth-order valence-electron chi connectivity index (χ4n) is 2.51. The van der Waals surface area contributed by atoms with Crippen molar-refractivity contribution in [2.24, 2.45) is 0 Å². The van der Waals surface area contributed by atoms with Crippen molar-refractivity contribution in [1.29, 1.82) is 0 Å². The molecule has 1 heterocycles. The van der Waals surface area contributed by atoms with E-state index >= 15 is 0 Å². The summed E-state index contributed by atoms with van der Waals surface area (Å²) in [6.45, 7) is 0.00224. The quantitative estimate of drug-likeness (QED) is 0.575. The summed E-state index contributed by atoms with van der Waals surface area (Å²) in [5.41, 5.74) is 0.472. The second kappa shape index (κ2) is 9.21. The van der Waals surface area contributed by atoms with Crippen LogP contribution in [-0.2, 0) is 16.6 Å². The number of carbonyl (C=O) groups is 1. The molecule has 30 heavy (non-hydrogen) atoms. The topological polar surface area (TPSA) is 97.4 Å². The van der Waals surface area contributed by atoms with Crippen LogP contribution in [0.3, 0.4) is 0 Å². The highest BCUT2D eigenvalue weighted by atomic mass is 35.5. The van der Waals surface area contributed by atoms with Crippen LogP contribution in [0.4, 0.5) is 4.39 Å². The Bertz CT molecular complexity index is 1170. The molecule has 156 valence electrons. The van der Waals surface area contributed by atoms with Crippen molar-refractivity contribution >= 4 is 27.5 Å². The maximum absolute atomic E-state index is 14.3. The Kier molecular flexibility index (Phi) is 6.66. The highest BCUT2D eigenvalue weighted by Crippen LogP contribution is 2.25. The summed E-state index contributed by atoms with van der Waals surface area (Å²) >= 11 is 6.03. The number of pyridine rings is 1. The van der Waals surface area contributed by atoms with Gasteiger partial charge in [0.25, 0.3) is 5.91 Å². The molecule has 2 aromatic carbocycles. The molecule has 0 saturated carbocycles. The standard InChI is InChI=1S/C20H17ClFN3O4S/c1-23-30(27,28)15-5-6-17(21)16(10-15)20(26)25-11-13-4-7-19(18(22)9-13)29-14-3-2-8-24-12-14/h2-10,12,23H,11H2,1H3,(H,25,26). The molecule has 0 fully saturated rings. The lowest BCUT2D eigenvalue weighted by atomic mass is 10.2. The zero-order valence-electron chi connectivity index (χ0n) is 15.7. The predicted octanol–water partition coefficient (Wildman–Crippen LogP) is 3.50. The minimum Gasteiger partial charge on any atom is -0.453 e. The van der Waals surface area contributed by atoms with Crippen LogP contribution in [0.25, 0.3) is 0 Å². The van der Waals surface area contributed by atoms with Crippen molar-refractivity contribution in [1.82, 2.24) is 15.0 Å². The van der Waals surface area contributed by atoms with Crippen LogP contribution in [0.5, 0.6) is 11.5 Å². The van der Waals surface area contributed by atoms with E-state index in [2.05, 4.69) is 15.0 Å². The normalized spacial score (nSPS) is 11.2. The zero-order valence-corrected chi connectivity index (χ0v) is 17.3. The third-order valence-corrected chi connectivity index (χ3v) is 5.81. The Balaban J connectivity index is 1.70. The summed E-state index contributed by atoms with van der Waals surface area (Å²) in [5, 5.41) is 2.68. The Morgan fingerprint density at radius 3 is 2.67 bits per heavy atom. The molecule has 10 heteroatoms. The Morgan fingerprint density at radius 1 is 1.20 bits per heavy atom. The number of aromatic nitrogens is 1. The molecule has 0 bridgehead atoms. The Morgan fingerprint density at radius 2 is 2.00 bits per heavy atom. The number of hydrogen-bond donors (Lipinski definition) is 2. The molecule has 0 saturated heterocycles. The van der Waals surface area contributed by atoms with Gasteiger partial charge in [-0.1, -0.05) is 17.7 Å². The molecule has 0 atom stereocenters. The van der Waals surface area contributed by atoms with E-state index < -0.39 is 21.7 Å². The van der Waals surface area contributed by atoms with Crippen LogP contribution >= 0.6 is 11.6 Å². The Labute approximate surface area is 177 Å². The lowest BCUT2D eigenvalue weighted by Crippen LogP contribution is -2.24. The van der Waals surface area contributed by atoms with E-state index in [0.717, 1.165) is 0 Å². The zero-order chi connectivity index (χ0) is 21.7. The first-order valence-electron chi connectivity index (χ1n) is 8.68. The summed E-state index contributed by atoms with van der Waals surface area (Å²) in [5.74, 6) is -0.787. The summed E-state index contributed by atoms with van der Waals surface area (Å²) in [4.78, 5) is 16.3. The smallest absolute Gasteiger partial charge is 0.253 e. The maximum Gasteiger partial charge on any atom is 0.253 e. The number of rotatable bonds is 7. The van der Waals surface area contributed by atoms with Gasteiger partial charge in [0, 0.05) is 12.7 Å². The number of halogens is 2. The van der Waals surface area contributed by atoms with E-state index in [1.54, 1.807) is 24.4 Å². The van der Waals surface area contributed by atoms with E-state index in [4.69, 9.17) is 16.3 Å². The first-order chi connectivity index (χ1) is 14.3. The van der Waals surface area contributed by atoms with E-state index in [1.165, 1.54) is 43.6 Å².